The van der Waals surface area contributed by atoms with E-state index in [1.54, 1.807) is 0 Å². The summed E-state index contributed by atoms with van der Waals surface area (Å²) in [5, 5.41) is 9.24. The van der Waals surface area contributed by atoms with Crippen LogP contribution in [0, 0.1) is 23.2 Å². The van der Waals surface area contributed by atoms with E-state index >= 15 is 0 Å². The van der Waals surface area contributed by atoms with Gasteiger partial charge in [-0.15, -0.1) is 0 Å². The van der Waals surface area contributed by atoms with Crippen LogP contribution in [0.25, 0.3) is 0 Å². The molecule has 1 heterocycles. The molecule has 1 aromatic carbocycles. The van der Waals surface area contributed by atoms with Gasteiger partial charge in [-0.1, -0.05) is 11.6 Å². The number of nitrogens with two attached hydrogens (primary N) is 1. The van der Waals surface area contributed by atoms with E-state index in [4.69, 9.17) is 22.6 Å². The highest BCUT2D eigenvalue weighted by Crippen LogP contribution is 2.39. The second-order valence-electron chi connectivity index (χ2n) is 5.74. The molecule has 7 heteroatoms. The summed E-state index contributed by atoms with van der Waals surface area (Å²) in [5.74, 6) is 0.611. The summed E-state index contributed by atoms with van der Waals surface area (Å²) in [5.41, 5.74) is 6.22. The third-order valence-electron chi connectivity index (χ3n) is 4.57. The Morgan fingerprint density at radius 3 is 2.76 bits per heavy atom. The zero-order chi connectivity index (χ0) is 15.2. The second-order valence-corrected chi connectivity index (χ2v) is 8.09. The first-order valence-electron chi connectivity index (χ1n) is 6.89. The first kappa shape index (κ1) is 14.8. The van der Waals surface area contributed by atoms with Gasteiger partial charge in [-0.3, -0.25) is 0 Å². The molecule has 21 heavy (non-hydrogen) atoms. The van der Waals surface area contributed by atoms with E-state index in [0.717, 1.165) is 12.8 Å². The Balaban J connectivity index is 1.90. The van der Waals surface area contributed by atoms with Gasteiger partial charge in [0.2, 0.25) is 10.0 Å². The highest BCUT2D eigenvalue weighted by Gasteiger charge is 2.45. The number of sulfonamides is 1. The lowest BCUT2D eigenvalue weighted by Crippen LogP contribution is -2.33. The molecule has 1 saturated carbocycles. The number of nitriles is 1. The van der Waals surface area contributed by atoms with E-state index in [0.29, 0.717) is 19.0 Å². The summed E-state index contributed by atoms with van der Waals surface area (Å²) < 4.78 is 26.9. The van der Waals surface area contributed by atoms with Gasteiger partial charge in [0, 0.05) is 19.1 Å². The normalized spacial score (nSPS) is 29.3. The van der Waals surface area contributed by atoms with Crippen LogP contribution in [-0.2, 0) is 10.0 Å². The SMILES string of the molecule is N#Cc1cc(S(=O)(=O)N2CC3CCC(N)C3C2)ccc1Cl. The van der Waals surface area contributed by atoms with Crippen LogP contribution in [0.2, 0.25) is 5.02 Å². The smallest absolute Gasteiger partial charge is 0.243 e. The summed E-state index contributed by atoms with van der Waals surface area (Å²) in [6, 6.07) is 6.25. The van der Waals surface area contributed by atoms with E-state index in [1.807, 2.05) is 6.07 Å². The molecule has 112 valence electrons. The van der Waals surface area contributed by atoms with Crippen LogP contribution in [-0.4, -0.2) is 31.9 Å². The van der Waals surface area contributed by atoms with Crippen molar-refractivity contribution in [3.05, 3.63) is 28.8 Å². The first-order valence-corrected chi connectivity index (χ1v) is 8.70. The molecule has 3 rings (SSSR count). The van der Waals surface area contributed by atoms with Crippen molar-refractivity contribution >= 4 is 21.6 Å². The third kappa shape index (κ3) is 2.44. The van der Waals surface area contributed by atoms with Crippen LogP contribution in [0.3, 0.4) is 0 Å². The predicted octanol–water partition coefficient (Wildman–Crippen LogP) is 1.57. The summed E-state index contributed by atoms with van der Waals surface area (Å²) in [6.07, 6.45) is 1.96. The van der Waals surface area contributed by atoms with Crippen molar-refractivity contribution in [2.75, 3.05) is 13.1 Å². The summed E-state index contributed by atoms with van der Waals surface area (Å²) in [4.78, 5) is 0.122. The van der Waals surface area contributed by atoms with Crippen molar-refractivity contribution in [2.24, 2.45) is 17.6 Å². The van der Waals surface area contributed by atoms with E-state index in [1.165, 1.54) is 22.5 Å². The lowest BCUT2D eigenvalue weighted by molar-refractivity contribution is 0.427. The molecule has 1 saturated heterocycles. The number of hydrogen-bond acceptors (Lipinski definition) is 4. The molecule has 0 amide bonds. The molecule has 0 radical (unpaired) electrons. The van der Waals surface area contributed by atoms with E-state index in [9.17, 15) is 8.42 Å². The maximum absolute atomic E-state index is 12.7. The van der Waals surface area contributed by atoms with Gasteiger partial charge in [-0.25, -0.2) is 8.42 Å². The number of halogens is 1. The van der Waals surface area contributed by atoms with Crippen LogP contribution in [0.5, 0.6) is 0 Å². The molecule has 2 fully saturated rings. The van der Waals surface area contributed by atoms with E-state index in [-0.39, 0.29) is 27.4 Å². The molecule has 0 spiro atoms. The molecule has 3 unspecified atom stereocenters. The van der Waals surface area contributed by atoms with Gasteiger partial charge < -0.3 is 5.73 Å². The van der Waals surface area contributed by atoms with E-state index < -0.39 is 10.0 Å². The number of hydrogen-bond donors (Lipinski definition) is 1. The van der Waals surface area contributed by atoms with Crippen molar-refractivity contribution in [1.29, 1.82) is 5.26 Å². The van der Waals surface area contributed by atoms with Crippen LogP contribution >= 0.6 is 11.6 Å². The molecule has 5 nitrogen and oxygen atoms in total. The van der Waals surface area contributed by atoms with Gasteiger partial charge in [0.1, 0.15) is 6.07 Å². The molecule has 0 bridgehead atoms. The van der Waals surface area contributed by atoms with Crippen molar-refractivity contribution in [2.45, 2.75) is 23.8 Å². The van der Waals surface area contributed by atoms with Gasteiger partial charge in [-0.2, -0.15) is 9.57 Å². The Kier molecular flexibility index (Phi) is 3.70. The minimum atomic E-state index is -3.59. The largest absolute Gasteiger partial charge is 0.327 e. The highest BCUT2D eigenvalue weighted by molar-refractivity contribution is 7.89. The fourth-order valence-corrected chi connectivity index (χ4v) is 5.08. The van der Waals surface area contributed by atoms with Crippen LogP contribution in [0.15, 0.2) is 23.1 Å². The maximum atomic E-state index is 12.7. The standard InChI is InChI=1S/C14H16ClN3O2S/c15-13-3-2-11(5-10(13)6-16)21(19,20)18-7-9-1-4-14(17)12(9)8-18/h2-3,5,9,12,14H,1,4,7-8,17H2. The summed E-state index contributed by atoms with van der Waals surface area (Å²) in [7, 11) is -3.59. The van der Waals surface area contributed by atoms with Crippen molar-refractivity contribution in [3.63, 3.8) is 0 Å². The quantitative estimate of drug-likeness (QED) is 0.894. The van der Waals surface area contributed by atoms with Crippen molar-refractivity contribution in [3.8, 4) is 6.07 Å². The Labute approximate surface area is 129 Å². The number of rotatable bonds is 2. The number of nitrogens with zero attached hydrogens (tertiary/aromatic N) is 2. The van der Waals surface area contributed by atoms with Gasteiger partial charge in [-0.05, 0) is 42.9 Å². The third-order valence-corrected chi connectivity index (χ3v) is 6.73. The Bertz CT molecular complexity index is 713. The Morgan fingerprint density at radius 1 is 1.33 bits per heavy atom. The molecule has 2 N–H and O–H groups in total. The summed E-state index contributed by atoms with van der Waals surface area (Å²) >= 11 is 5.86. The summed E-state index contributed by atoms with van der Waals surface area (Å²) in [6.45, 7) is 0.990. The molecular weight excluding hydrogens is 310 g/mol. The molecule has 1 aromatic rings. The van der Waals surface area contributed by atoms with E-state index in [2.05, 4.69) is 0 Å². The molecule has 1 aliphatic heterocycles. The molecule has 1 aliphatic carbocycles. The maximum Gasteiger partial charge on any atom is 0.243 e. The minimum Gasteiger partial charge on any atom is -0.327 e. The Hall–Kier alpha value is -1.13. The molecule has 2 aliphatic rings. The van der Waals surface area contributed by atoms with Gasteiger partial charge in [0.15, 0.2) is 0 Å². The van der Waals surface area contributed by atoms with Gasteiger partial charge in [0.25, 0.3) is 0 Å². The lowest BCUT2D eigenvalue weighted by atomic mass is 9.98. The van der Waals surface area contributed by atoms with Gasteiger partial charge in [0.05, 0.1) is 15.5 Å². The monoisotopic (exact) mass is 325 g/mol. The zero-order valence-electron chi connectivity index (χ0n) is 11.4. The highest BCUT2D eigenvalue weighted by atomic mass is 35.5. The second kappa shape index (κ2) is 5.25. The average Bonchev–Trinajstić information content (AvgIpc) is 3.02. The van der Waals surface area contributed by atoms with Gasteiger partial charge >= 0.3 is 0 Å². The minimum absolute atomic E-state index is 0.0927. The number of fused-ring (bicyclic) bond motifs is 1. The fourth-order valence-electron chi connectivity index (χ4n) is 3.36. The number of benzene rings is 1. The van der Waals surface area contributed by atoms with Crippen LogP contribution < -0.4 is 5.73 Å². The van der Waals surface area contributed by atoms with Crippen LogP contribution in [0.1, 0.15) is 18.4 Å². The predicted molar refractivity (Wildman–Crippen MR) is 79.1 cm³/mol. The molecule has 3 atom stereocenters. The molecule has 0 aromatic heterocycles. The fraction of sp³-hybridized carbons (Fsp3) is 0.500. The lowest BCUT2D eigenvalue weighted by Gasteiger charge is -2.18. The topological polar surface area (TPSA) is 87.2 Å². The van der Waals surface area contributed by atoms with Crippen LogP contribution in [0.4, 0.5) is 0 Å². The first-order chi connectivity index (χ1) is 9.93. The Morgan fingerprint density at radius 2 is 2.10 bits per heavy atom. The zero-order valence-corrected chi connectivity index (χ0v) is 12.9. The van der Waals surface area contributed by atoms with Crippen molar-refractivity contribution < 1.29 is 8.42 Å². The molecular formula is C14H16ClN3O2S. The average molecular weight is 326 g/mol. The van der Waals surface area contributed by atoms with Crippen molar-refractivity contribution in [1.82, 2.24) is 4.31 Å².